The Hall–Kier alpha value is -0.540. The molecule has 3 nitrogen and oxygen atoms in total. The number of rotatable bonds is 13. The monoisotopic (exact) mass is 324 g/mol. The highest BCUT2D eigenvalue weighted by molar-refractivity contribution is 4.91. The van der Waals surface area contributed by atoms with Crippen molar-refractivity contribution in [2.24, 2.45) is 5.92 Å². The third-order valence-corrected chi connectivity index (χ3v) is 5.46. The molecule has 0 amide bonds. The maximum atomic E-state index is 6.59. The van der Waals surface area contributed by atoms with E-state index in [4.69, 9.17) is 14.2 Å². The fourth-order valence-electron chi connectivity index (χ4n) is 4.14. The first-order valence-corrected chi connectivity index (χ1v) is 9.79. The second-order valence-electron chi connectivity index (χ2n) is 7.26. The lowest BCUT2D eigenvalue weighted by atomic mass is 9.72. The summed E-state index contributed by atoms with van der Waals surface area (Å²) in [6, 6.07) is 0. The van der Waals surface area contributed by atoms with Crippen LogP contribution in [0.2, 0.25) is 0 Å². The van der Waals surface area contributed by atoms with Gasteiger partial charge in [-0.2, -0.15) is 0 Å². The van der Waals surface area contributed by atoms with E-state index in [-0.39, 0.29) is 5.60 Å². The van der Waals surface area contributed by atoms with E-state index >= 15 is 0 Å². The van der Waals surface area contributed by atoms with E-state index in [1.165, 1.54) is 64.2 Å². The van der Waals surface area contributed by atoms with Crippen molar-refractivity contribution in [3.63, 3.8) is 0 Å². The minimum atomic E-state index is 0.0976. The van der Waals surface area contributed by atoms with Crippen molar-refractivity contribution >= 4 is 0 Å². The smallest absolute Gasteiger partial charge is 0.104 e. The predicted molar refractivity (Wildman–Crippen MR) is 94.5 cm³/mol. The largest absolute Gasteiger partial charge is 0.502 e. The normalized spacial score (nSPS) is 24.1. The minimum Gasteiger partial charge on any atom is -0.502 e. The first-order valence-electron chi connectivity index (χ1n) is 9.79. The SMILES string of the molecule is C=COCCCCCC(CCC)(OCC1CO1)C1CCCCC1. The van der Waals surface area contributed by atoms with Gasteiger partial charge in [0.2, 0.25) is 0 Å². The summed E-state index contributed by atoms with van der Waals surface area (Å²) in [5.74, 6) is 0.749. The van der Waals surface area contributed by atoms with E-state index in [0.717, 1.165) is 32.2 Å². The molecule has 0 bridgehead atoms. The maximum Gasteiger partial charge on any atom is 0.104 e. The zero-order chi connectivity index (χ0) is 16.4. The van der Waals surface area contributed by atoms with Gasteiger partial charge in [0.05, 0.1) is 31.7 Å². The van der Waals surface area contributed by atoms with Gasteiger partial charge in [-0.1, -0.05) is 45.6 Å². The Balaban J connectivity index is 1.87. The number of hydrogen-bond acceptors (Lipinski definition) is 3. The Morgan fingerprint density at radius 1 is 1.13 bits per heavy atom. The molecular formula is C20H36O3. The van der Waals surface area contributed by atoms with E-state index in [1.807, 2.05) is 0 Å². The summed E-state index contributed by atoms with van der Waals surface area (Å²) < 4.78 is 17.2. The highest BCUT2D eigenvalue weighted by Crippen LogP contribution is 2.42. The molecule has 2 aliphatic rings. The summed E-state index contributed by atoms with van der Waals surface area (Å²) in [5, 5.41) is 0. The van der Waals surface area contributed by atoms with Gasteiger partial charge < -0.3 is 14.2 Å². The zero-order valence-corrected chi connectivity index (χ0v) is 15.1. The summed E-state index contributed by atoms with van der Waals surface area (Å²) in [6.07, 6.45) is 16.0. The van der Waals surface area contributed by atoms with Crippen molar-refractivity contribution in [1.29, 1.82) is 0 Å². The van der Waals surface area contributed by atoms with Gasteiger partial charge in [0, 0.05) is 0 Å². The van der Waals surface area contributed by atoms with Crippen LogP contribution in [-0.2, 0) is 14.2 Å². The molecule has 0 aromatic rings. The Bertz CT molecular complexity index is 321. The number of epoxide rings is 1. The summed E-state index contributed by atoms with van der Waals surface area (Å²) in [5.41, 5.74) is 0.0976. The highest BCUT2D eigenvalue weighted by atomic mass is 16.6. The standard InChI is InChI=1S/C20H36O3/c1-3-13-20(23-17-19-16-22-19,18-11-7-5-8-12-18)14-9-6-10-15-21-4-2/h4,18-19H,2-3,5-17H2,1H3. The van der Waals surface area contributed by atoms with Gasteiger partial charge in [0.25, 0.3) is 0 Å². The van der Waals surface area contributed by atoms with Crippen molar-refractivity contribution in [2.45, 2.75) is 89.3 Å². The molecule has 134 valence electrons. The molecule has 1 heterocycles. The van der Waals surface area contributed by atoms with Crippen molar-refractivity contribution in [2.75, 3.05) is 19.8 Å². The number of unbranched alkanes of at least 4 members (excludes halogenated alkanes) is 2. The molecule has 0 aromatic carbocycles. The maximum absolute atomic E-state index is 6.59. The van der Waals surface area contributed by atoms with Crippen LogP contribution in [0.4, 0.5) is 0 Å². The molecule has 0 spiro atoms. The minimum absolute atomic E-state index is 0.0976. The molecular weight excluding hydrogens is 288 g/mol. The van der Waals surface area contributed by atoms with Crippen molar-refractivity contribution in [1.82, 2.24) is 0 Å². The molecule has 1 saturated heterocycles. The van der Waals surface area contributed by atoms with Gasteiger partial charge in [-0.3, -0.25) is 0 Å². The molecule has 1 saturated carbocycles. The zero-order valence-electron chi connectivity index (χ0n) is 15.1. The third kappa shape index (κ3) is 6.46. The van der Waals surface area contributed by atoms with Gasteiger partial charge in [0.15, 0.2) is 0 Å². The van der Waals surface area contributed by atoms with Gasteiger partial charge in [0.1, 0.15) is 6.10 Å². The molecule has 23 heavy (non-hydrogen) atoms. The van der Waals surface area contributed by atoms with Gasteiger partial charge in [-0.05, 0) is 44.4 Å². The van der Waals surface area contributed by atoms with Crippen LogP contribution < -0.4 is 0 Å². The number of ether oxygens (including phenoxy) is 3. The fourth-order valence-corrected chi connectivity index (χ4v) is 4.14. The molecule has 0 aromatic heterocycles. The van der Waals surface area contributed by atoms with Crippen LogP contribution in [0.5, 0.6) is 0 Å². The second kappa shape index (κ2) is 10.4. The third-order valence-electron chi connectivity index (χ3n) is 5.46. The quantitative estimate of drug-likeness (QED) is 0.264. The lowest BCUT2D eigenvalue weighted by Crippen LogP contribution is -2.43. The first-order chi connectivity index (χ1) is 11.3. The summed E-state index contributed by atoms with van der Waals surface area (Å²) >= 11 is 0. The topological polar surface area (TPSA) is 31.0 Å². The van der Waals surface area contributed by atoms with Crippen LogP contribution in [0.1, 0.15) is 77.6 Å². The van der Waals surface area contributed by atoms with Crippen LogP contribution in [0.25, 0.3) is 0 Å². The molecule has 0 N–H and O–H groups in total. The molecule has 1 aliphatic heterocycles. The van der Waals surface area contributed by atoms with Gasteiger partial charge in [-0.15, -0.1) is 0 Å². The Kier molecular flexibility index (Phi) is 8.46. The van der Waals surface area contributed by atoms with Gasteiger partial charge >= 0.3 is 0 Å². The lowest BCUT2D eigenvalue weighted by molar-refractivity contribution is -0.113. The van der Waals surface area contributed by atoms with E-state index < -0.39 is 0 Å². The summed E-state index contributed by atoms with van der Waals surface area (Å²) in [4.78, 5) is 0. The van der Waals surface area contributed by atoms with Crippen LogP contribution in [0.3, 0.4) is 0 Å². The van der Waals surface area contributed by atoms with Crippen molar-refractivity contribution < 1.29 is 14.2 Å². The summed E-state index contributed by atoms with van der Waals surface area (Å²) in [7, 11) is 0. The van der Waals surface area contributed by atoms with E-state index in [1.54, 1.807) is 6.26 Å². The average Bonchev–Trinajstić information content (AvgIpc) is 3.41. The molecule has 2 atom stereocenters. The molecule has 2 rings (SSSR count). The molecule has 1 aliphatic carbocycles. The second-order valence-corrected chi connectivity index (χ2v) is 7.26. The van der Waals surface area contributed by atoms with Gasteiger partial charge in [-0.25, -0.2) is 0 Å². The van der Waals surface area contributed by atoms with Crippen LogP contribution in [0.15, 0.2) is 12.8 Å². The van der Waals surface area contributed by atoms with Crippen molar-refractivity contribution in [3.05, 3.63) is 12.8 Å². The summed E-state index contributed by atoms with van der Waals surface area (Å²) in [6.45, 7) is 8.39. The predicted octanol–water partition coefficient (Wildman–Crippen LogP) is 5.24. The Labute approximate surface area is 142 Å². The Morgan fingerprint density at radius 3 is 2.57 bits per heavy atom. The average molecular weight is 325 g/mol. The number of hydrogen-bond donors (Lipinski definition) is 0. The fraction of sp³-hybridized carbons (Fsp3) is 0.900. The molecule has 0 radical (unpaired) electrons. The molecule has 3 heteroatoms. The first kappa shape index (κ1) is 18.8. The van der Waals surface area contributed by atoms with E-state index in [2.05, 4.69) is 13.5 Å². The van der Waals surface area contributed by atoms with Crippen LogP contribution >= 0.6 is 0 Å². The Morgan fingerprint density at radius 2 is 1.91 bits per heavy atom. The lowest BCUT2D eigenvalue weighted by Gasteiger charge is -2.43. The van der Waals surface area contributed by atoms with E-state index in [0.29, 0.717) is 6.10 Å². The van der Waals surface area contributed by atoms with Crippen molar-refractivity contribution in [3.8, 4) is 0 Å². The molecule has 2 unspecified atom stereocenters. The van der Waals surface area contributed by atoms with Crippen LogP contribution in [-0.4, -0.2) is 31.5 Å². The van der Waals surface area contributed by atoms with E-state index in [9.17, 15) is 0 Å². The van der Waals surface area contributed by atoms with Crippen LogP contribution in [0, 0.1) is 5.92 Å². The molecule has 2 fully saturated rings. The highest BCUT2D eigenvalue weighted by Gasteiger charge is 2.40.